The molecule has 0 radical (unpaired) electrons. The summed E-state index contributed by atoms with van der Waals surface area (Å²) >= 11 is 0. The average molecular weight is 329 g/mol. The first kappa shape index (κ1) is 18.7. The number of amides is 3. The van der Waals surface area contributed by atoms with E-state index in [0.29, 0.717) is 37.3 Å². The molecule has 0 saturated carbocycles. The summed E-state index contributed by atoms with van der Waals surface area (Å²) in [4.78, 5) is 33.0. The molecule has 0 unspecified atom stereocenters. The van der Waals surface area contributed by atoms with Crippen LogP contribution in [0.15, 0.2) is 36.0 Å². The summed E-state index contributed by atoms with van der Waals surface area (Å²) in [5.74, 6) is -0.723. The number of nitriles is 1. The number of carbonyl (C=O) groups excluding carboxylic acids is 3. The predicted molar refractivity (Wildman–Crippen MR) is 89.8 cm³/mol. The molecule has 1 rings (SSSR count). The van der Waals surface area contributed by atoms with Gasteiger partial charge in [-0.05, 0) is 30.7 Å². The van der Waals surface area contributed by atoms with Crippen LogP contribution in [0.1, 0.15) is 13.3 Å². The first-order valence-electron chi connectivity index (χ1n) is 7.26. The number of rotatable bonds is 9. The van der Waals surface area contributed by atoms with Crippen LogP contribution in [0.3, 0.4) is 0 Å². The molecule has 3 amide bonds. The van der Waals surface area contributed by atoms with Gasteiger partial charge >= 0.3 is 0 Å². The van der Waals surface area contributed by atoms with Crippen LogP contribution < -0.4 is 21.3 Å². The van der Waals surface area contributed by atoms with Crippen molar-refractivity contribution in [1.29, 1.82) is 5.26 Å². The van der Waals surface area contributed by atoms with E-state index >= 15 is 0 Å². The SMILES string of the molecule is CC(=O)Nc1ccc(NC(=O)/C(C#N)=C\NCCCNC=O)cc1. The van der Waals surface area contributed by atoms with Gasteiger partial charge in [0.05, 0.1) is 0 Å². The standard InChI is InChI=1S/C16H19N5O3/c1-12(23)20-14-3-5-15(6-4-14)21-16(24)13(9-17)10-18-7-2-8-19-11-22/h3-6,10-11,18H,2,7-8H2,1H3,(H,19,22)(H,20,23)(H,21,24)/b13-10-. The summed E-state index contributed by atoms with van der Waals surface area (Å²) in [6.45, 7) is 2.44. The zero-order chi connectivity index (χ0) is 17.8. The molecule has 0 aromatic heterocycles. The summed E-state index contributed by atoms with van der Waals surface area (Å²) < 4.78 is 0. The zero-order valence-corrected chi connectivity index (χ0v) is 13.3. The lowest BCUT2D eigenvalue weighted by Gasteiger charge is -2.07. The summed E-state index contributed by atoms with van der Waals surface area (Å²) in [7, 11) is 0. The minimum absolute atomic E-state index is 0.0655. The van der Waals surface area contributed by atoms with Gasteiger partial charge in [0, 0.05) is 37.6 Å². The fourth-order valence-corrected chi connectivity index (χ4v) is 1.71. The molecule has 0 spiro atoms. The van der Waals surface area contributed by atoms with Gasteiger partial charge in [-0.15, -0.1) is 0 Å². The van der Waals surface area contributed by atoms with Crippen molar-refractivity contribution in [3.05, 3.63) is 36.0 Å². The van der Waals surface area contributed by atoms with Crippen LogP contribution in [-0.2, 0) is 14.4 Å². The summed E-state index contributed by atoms with van der Waals surface area (Å²) in [5.41, 5.74) is 1.05. The van der Waals surface area contributed by atoms with Crippen molar-refractivity contribution >= 4 is 29.6 Å². The maximum Gasteiger partial charge on any atom is 0.267 e. The van der Waals surface area contributed by atoms with E-state index in [1.807, 2.05) is 6.07 Å². The Kier molecular flexibility index (Phi) is 8.10. The van der Waals surface area contributed by atoms with Gasteiger partial charge in [0.25, 0.3) is 5.91 Å². The van der Waals surface area contributed by atoms with E-state index in [2.05, 4.69) is 21.3 Å². The number of nitrogens with zero attached hydrogens (tertiary/aromatic N) is 1. The van der Waals surface area contributed by atoms with Crippen LogP contribution >= 0.6 is 0 Å². The van der Waals surface area contributed by atoms with E-state index in [0.717, 1.165) is 0 Å². The fourth-order valence-electron chi connectivity index (χ4n) is 1.71. The first-order chi connectivity index (χ1) is 11.6. The number of benzene rings is 1. The van der Waals surface area contributed by atoms with Crippen molar-refractivity contribution < 1.29 is 14.4 Å². The van der Waals surface area contributed by atoms with Crippen molar-refractivity contribution in [1.82, 2.24) is 10.6 Å². The van der Waals surface area contributed by atoms with Crippen molar-refractivity contribution in [2.75, 3.05) is 23.7 Å². The molecule has 126 valence electrons. The summed E-state index contributed by atoms with van der Waals surface area (Å²) in [6, 6.07) is 8.35. The molecule has 8 nitrogen and oxygen atoms in total. The van der Waals surface area contributed by atoms with Gasteiger partial charge in [0.15, 0.2) is 0 Å². The molecule has 8 heteroatoms. The van der Waals surface area contributed by atoms with E-state index in [1.54, 1.807) is 24.3 Å². The largest absolute Gasteiger partial charge is 0.390 e. The Morgan fingerprint density at radius 3 is 2.21 bits per heavy atom. The molecule has 0 fully saturated rings. The van der Waals surface area contributed by atoms with Crippen molar-refractivity contribution in [2.45, 2.75) is 13.3 Å². The molecule has 0 bridgehead atoms. The number of hydrogen-bond acceptors (Lipinski definition) is 5. The van der Waals surface area contributed by atoms with E-state index in [4.69, 9.17) is 5.26 Å². The third-order valence-corrected chi connectivity index (χ3v) is 2.80. The number of nitrogens with one attached hydrogen (secondary N) is 4. The van der Waals surface area contributed by atoms with Gasteiger partial charge in [-0.2, -0.15) is 5.26 Å². The maximum atomic E-state index is 12.0. The van der Waals surface area contributed by atoms with Gasteiger partial charge in [0.1, 0.15) is 11.6 Å². The van der Waals surface area contributed by atoms with E-state index in [9.17, 15) is 14.4 Å². The number of carbonyl (C=O) groups is 3. The van der Waals surface area contributed by atoms with E-state index in [1.165, 1.54) is 13.1 Å². The second-order valence-electron chi connectivity index (χ2n) is 4.76. The molecule has 0 aliphatic carbocycles. The highest BCUT2D eigenvalue weighted by Gasteiger charge is 2.09. The van der Waals surface area contributed by atoms with Crippen LogP contribution in [0.5, 0.6) is 0 Å². The lowest BCUT2D eigenvalue weighted by atomic mass is 10.2. The Hall–Kier alpha value is -3.34. The smallest absolute Gasteiger partial charge is 0.267 e. The summed E-state index contributed by atoms with van der Waals surface area (Å²) in [6.07, 6.45) is 2.61. The molecule has 1 aromatic carbocycles. The van der Waals surface area contributed by atoms with E-state index in [-0.39, 0.29) is 11.5 Å². The van der Waals surface area contributed by atoms with Crippen LogP contribution in [0.25, 0.3) is 0 Å². The third kappa shape index (κ3) is 7.09. The Labute approximate surface area is 139 Å². The molecular weight excluding hydrogens is 310 g/mol. The molecule has 0 atom stereocenters. The molecule has 0 saturated heterocycles. The molecular formula is C16H19N5O3. The second-order valence-corrected chi connectivity index (χ2v) is 4.76. The Morgan fingerprint density at radius 2 is 1.67 bits per heavy atom. The highest BCUT2D eigenvalue weighted by Crippen LogP contribution is 2.14. The third-order valence-electron chi connectivity index (χ3n) is 2.80. The van der Waals surface area contributed by atoms with Crippen LogP contribution in [0.4, 0.5) is 11.4 Å². The molecule has 4 N–H and O–H groups in total. The van der Waals surface area contributed by atoms with Crippen molar-refractivity contribution in [3.63, 3.8) is 0 Å². The molecule has 24 heavy (non-hydrogen) atoms. The zero-order valence-electron chi connectivity index (χ0n) is 13.3. The monoisotopic (exact) mass is 329 g/mol. The fraction of sp³-hybridized carbons (Fsp3) is 0.250. The van der Waals surface area contributed by atoms with Gasteiger partial charge in [0.2, 0.25) is 12.3 Å². The van der Waals surface area contributed by atoms with Crippen molar-refractivity contribution in [2.24, 2.45) is 0 Å². The Morgan fingerprint density at radius 1 is 1.08 bits per heavy atom. The average Bonchev–Trinajstić information content (AvgIpc) is 2.55. The van der Waals surface area contributed by atoms with Crippen LogP contribution in [0, 0.1) is 11.3 Å². The second kappa shape index (κ2) is 10.4. The quantitative estimate of drug-likeness (QED) is 0.230. The highest BCUT2D eigenvalue weighted by atomic mass is 16.2. The highest BCUT2D eigenvalue weighted by molar-refractivity contribution is 6.06. The predicted octanol–water partition coefficient (Wildman–Crippen LogP) is 0.717. The lowest BCUT2D eigenvalue weighted by Crippen LogP contribution is -2.20. The molecule has 0 aliphatic rings. The normalized spacial score (nSPS) is 10.2. The van der Waals surface area contributed by atoms with Gasteiger partial charge in [-0.3, -0.25) is 14.4 Å². The number of anilines is 2. The van der Waals surface area contributed by atoms with E-state index < -0.39 is 5.91 Å². The van der Waals surface area contributed by atoms with Crippen molar-refractivity contribution in [3.8, 4) is 6.07 Å². The van der Waals surface area contributed by atoms with Crippen LogP contribution in [0.2, 0.25) is 0 Å². The molecule has 0 heterocycles. The lowest BCUT2D eigenvalue weighted by molar-refractivity contribution is -0.114. The number of hydrogen-bond donors (Lipinski definition) is 4. The van der Waals surface area contributed by atoms with Gasteiger partial charge in [-0.25, -0.2) is 0 Å². The van der Waals surface area contributed by atoms with Gasteiger partial charge < -0.3 is 21.3 Å². The maximum absolute atomic E-state index is 12.0. The first-order valence-corrected chi connectivity index (χ1v) is 7.26. The van der Waals surface area contributed by atoms with Gasteiger partial charge in [-0.1, -0.05) is 0 Å². The Balaban J connectivity index is 2.52. The molecule has 1 aromatic rings. The minimum atomic E-state index is -0.539. The topological polar surface area (TPSA) is 123 Å². The minimum Gasteiger partial charge on any atom is -0.390 e. The summed E-state index contributed by atoms with van der Waals surface area (Å²) in [5, 5.41) is 19.6. The Bertz CT molecular complexity index is 647. The molecule has 0 aliphatic heterocycles. The van der Waals surface area contributed by atoms with Crippen LogP contribution in [-0.4, -0.2) is 31.3 Å².